The number of unbranched alkanes of at least 4 members (excludes halogenated alkanes) is 10. The van der Waals surface area contributed by atoms with Crippen LogP contribution >= 0.6 is 0 Å². The van der Waals surface area contributed by atoms with E-state index in [4.69, 9.17) is 9.47 Å². The fraction of sp³-hybridized carbons (Fsp3) is 0.667. The average Bonchev–Trinajstić information content (AvgIpc) is 2.89. The van der Waals surface area contributed by atoms with Gasteiger partial charge in [-0.1, -0.05) is 111 Å². The van der Waals surface area contributed by atoms with Crippen LogP contribution in [0.1, 0.15) is 97.8 Å². The number of halogens is 1. The maximum atomic E-state index is 14.6. The van der Waals surface area contributed by atoms with Crippen LogP contribution in [0.25, 0.3) is 11.3 Å². The van der Waals surface area contributed by atoms with Gasteiger partial charge in [-0.15, -0.1) is 0 Å². The molecular formula is C33H56FNO2Si2. The molecule has 0 saturated heterocycles. The lowest BCUT2D eigenvalue weighted by Crippen LogP contribution is -2.39. The highest BCUT2D eigenvalue weighted by Gasteiger charge is 2.33. The van der Waals surface area contributed by atoms with Gasteiger partial charge in [0.25, 0.3) is 0 Å². The van der Waals surface area contributed by atoms with Crippen LogP contribution in [-0.2, 0) is 0 Å². The number of nitrogens with zero attached hydrogens (tertiary/aromatic N) is 1. The van der Waals surface area contributed by atoms with Crippen molar-refractivity contribution in [3.05, 3.63) is 42.3 Å². The standard InChI is InChI=1S/C33H56FNO2Si2/c1-7-8-9-10-13-17-24-37-32-22-19-28(26-30(32)34)31-21-20-29(27-35-31)36-23-16-14-11-12-15-18-25-38-33(2,3)39(4,5)6/h19-22,26-27H,7-18,23-25,38H2,1-6H3. The van der Waals surface area contributed by atoms with E-state index in [1.807, 2.05) is 18.2 Å². The zero-order valence-corrected chi connectivity index (χ0v) is 28.3. The summed E-state index contributed by atoms with van der Waals surface area (Å²) >= 11 is 0. The summed E-state index contributed by atoms with van der Waals surface area (Å²) in [5.41, 5.74) is 1.48. The first-order valence-electron chi connectivity index (χ1n) is 15.7. The van der Waals surface area contributed by atoms with Crippen molar-refractivity contribution >= 4 is 17.6 Å². The SMILES string of the molecule is CCCCCCCCOc1ccc(-c2ccc(OCCCCCCCC[SiH2]C(C)(C)[Si](C)(C)C)cn2)cc1F. The third-order valence-corrected chi connectivity index (χ3v) is 18.6. The van der Waals surface area contributed by atoms with Gasteiger partial charge in [-0.05, 0) is 47.8 Å². The molecule has 1 heterocycles. The Balaban J connectivity index is 1.59. The van der Waals surface area contributed by atoms with E-state index in [0.717, 1.165) is 42.9 Å². The Morgan fingerprint density at radius 3 is 2.00 bits per heavy atom. The molecule has 0 unspecified atom stereocenters. The van der Waals surface area contributed by atoms with Crippen LogP contribution in [0.5, 0.6) is 11.5 Å². The summed E-state index contributed by atoms with van der Waals surface area (Å²) < 4.78 is 26.8. The smallest absolute Gasteiger partial charge is 0.165 e. The number of hydrogen-bond donors (Lipinski definition) is 0. The average molecular weight is 574 g/mol. The van der Waals surface area contributed by atoms with Gasteiger partial charge in [-0.2, -0.15) is 0 Å². The number of ether oxygens (including phenoxy) is 2. The Bertz CT molecular complexity index is 928. The van der Waals surface area contributed by atoms with E-state index >= 15 is 0 Å². The third kappa shape index (κ3) is 13.0. The minimum absolute atomic E-state index is 0.0375. The number of rotatable bonds is 21. The first-order chi connectivity index (χ1) is 18.6. The van der Waals surface area contributed by atoms with Crippen molar-refractivity contribution in [1.29, 1.82) is 0 Å². The number of aromatic nitrogens is 1. The maximum Gasteiger partial charge on any atom is 0.165 e. The summed E-state index contributed by atoms with van der Waals surface area (Å²) in [6.45, 7) is 16.1. The molecule has 220 valence electrons. The van der Waals surface area contributed by atoms with Gasteiger partial charge in [-0.3, -0.25) is 4.98 Å². The lowest BCUT2D eigenvalue weighted by atomic mass is 10.1. The molecule has 0 radical (unpaired) electrons. The second-order valence-electron chi connectivity index (χ2n) is 12.8. The van der Waals surface area contributed by atoms with Gasteiger partial charge >= 0.3 is 0 Å². The molecule has 0 fully saturated rings. The van der Waals surface area contributed by atoms with E-state index < -0.39 is 8.07 Å². The number of pyridine rings is 1. The van der Waals surface area contributed by atoms with Crippen LogP contribution in [-0.4, -0.2) is 35.8 Å². The van der Waals surface area contributed by atoms with E-state index in [1.165, 1.54) is 69.9 Å². The molecule has 0 amide bonds. The summed E-state index contributed by atoms with van der Waals surface area (Å²) in [4.78, 5) is 4.49. The van der Waals surface area contributed by atoms with E-state index in [0.29, 0.717) is 17.0 Å². The summed E-state index contributed by atoms with van der Waals surface area (Å²) in [7, 11) is -0.977. The minimum atomic E-state index is -1.01. The highest BCUT2D eigenvalue weighted by atomic mass is 28.4. The van der Waals surface area contributed by atoms with Gasteiger partial charge < -0.3 is 9.47 Å². The fourth-order valence-corrected chi connectivity index (χ4v) is 9.61. The highest BCUT2D eigenvalue weighted by Crippen LogP contribution is 2.36. The molecule has 3 nitrogen and oxygen atoms in total. The van der Waals surface area contributed by atoms with Gasteiger partial charge in [0.2, 0.25) is 0 Å². The highest BCUT2D eigenvalue weighted by molar-refractivity contribution is 6.87. The van der Waals surface area contributed by atoms with Crippen LogP contribution in [0.2, 0.25) is 30.3 Å². The Kier molecular flexibility index (Phi) is 15.4. The first kappa shape index (κ1) is 33.5. The Morgan fingerprint density at radius 2 is 1.41 bits per heavy atom. The third-order valence-electron chi connectivity index (χ3n) is 8.46. The molecule has 39 heavy (non-hydrogen) atoms. The lowest BCUT2D eigenvalue weighted by molar-refractivity contribution is 0.290. The van der Waals surface area contributed by atoms with Crippen molar-refractivity contribution < 1.29 is 13.9 Å². The molecule has 0 saturated carbocycles. The molecule has 6 heteroatoms. The van der Waals surface area contributed by atoms with E-state index in [2.05, 4.69) is 45.4 Å². The Labute approximate surface area is 242 Å². The Morgan fingerprint density at radius 1 is 0.795 bits per heavy atom. The van der Waals surface area contributed by atoms with Gasteiger partial charge in [0, 0.05) is 23.2 Å². The molecule has 0 aliphatic carbocycles. The maximum absolute atomic E-state index is 14.6. The fourth-order valence-electron chi connectivity index (χ4n) is 4.60. The zero-order chi connectivity index (χ0) is 28.6. The van der Waals surface area contributed by atoms with Crippen LogP contribution in [0, 0.1) is 5.82 Å². The van der Waals surface area contributed by atoms with Crippen LogP contribution in [0.3, 0.4) is 0 Å². The molecule has 1 aromatic carbocycles. The van der Waals surface area contributed by atoms with Crippen LogP contribution < -0.4 is 9.47 Å². The number of benzene rings is 1. The van der Waals surface area contributed by atoms with E-state index in [-0.39, 0.29) is 15.3 Å². The minimum Gasteiger partial charge on any atom is -0.492 e. The summed E-state index contributed by atoms with van der Waals surface area (Å²) in [5, 5.41) is 0. The topological polar surface area (TPSA) is 31.4 Å². The molecule has 1 aromatic heterocycles. The quantitative estimate of drug-likeness (QED) is 0.110. The van der Waals surface area contributed by atoms with Gasteiger partial charge in [0.15, 0.2) is 11.6 Å². The van der Waals surface area contributed by atoms with Crippen molar-refractivity contribution in [3.8, 4) is 22.8 Å². The van der Waals surface area contributed by atoms with Crippen LogP contribution in [0.4, 0.5) is 4.39 Å². The van der Waals surface area contributed by atoms with Crippen molar-refractivity contribution in [1.82, 2.24) is 4.98 Å². The molecule has 2 rings (SSSR count). The summed E-state index contributed by atoms with van der Waals surface area (Å²) in [6.07, 6.45) is 16.6. The second-order valence-corrected chi connectivity index (χ2v) is 22.4. The Hall–Kier alpha value is -1.67. The molecule has 0 N–H and O–H groups in total. The first-order valence-corrected chi connectivity index (χ1v) is 20.9. The molecule has 0 bridgehead atoms. The molecule has 0 spiro atoms. The monoisotopic (exact) mass is 573 g/mol. The van der Waals surface area contributed by atoms with Gasteiger partial charge in [0.1, 0.15) is 5.75 Å². The van der Waals surface area contributed by atoms with Crippen molar-refractivity contribution in [2.24, 2.45) is 0 Å². The van der Waals surface area contributed by atoms with Crippen molar-refractivity contribution in [3.63, 3.8) is 0 Å². The largest absolute Gasteiger partial charge is 0.492 e. The number of hydrogen-bond acceptors (Lipinski definition) is 3. The summed E-state index contributed by atoms with van der Waals surface area (Å²) in [6, 6.07) is 10.4. The predicted molar refractivity (Wildman–Crippen MR) is 172 cm³/mol. The summed E-state index contributed by atoms with van der Waals surface area (Å²) in [5.74, 6) is 0.756. The van der Waals surface area contributed by atoms with Crippen molar-refractivity contribution in [2.75, 3.05) is 13.2 Å². The molecule has 0 atom stereocenters. The normalized spacial score (nSPS) is 12.4. The predicted octanol–water partition coefficient (Wildman–Crippen LogP) is 10.0. The molecular weight excluding hydrogens is 518 g/mol. The lowest BCUT2D eigenvalue weighted by Gasteiger charge is -2.37. The van der Waals surface area contributed by atoms with Gasteiger partial charge in [0.05, 0.1) is 25.1 Å². The van der Waals surface area contributed by atoms with Gasteiger partial charge in [-0.25, -0.2) is 4.39 Å². The molecule has 0 aliphatic rings. The molecule has 2 aromatic rings. The molecule has 0 aliphatic heterocycles. The second kappa shape index (κ2) is 17.9. The zero-order valence-electron chi connectivity index (χ0n) is 25.9. The van der Waals surface area contributed by atoms with E-state index in [9.17, 15) is 4.39 Å². The van der Waals surface area contributed by atoms with E-state index in [1.54, 1.807) is 12.3 Å². The van der Waals surface area contributed by atoms with Crippen molar-refractivity contribution in [2.45, 2.75) is 128 Å². The van der Waals surface area contributed by atoms with Crippen LogP contribution in [0.15, 0.2) is 36.5 Å².